The topological polar surface area (TPSA) is 56.1 Å². The average Bonchev–Trinajstić information content (AvgIpc) is 2.68. The van der Waals surface area contributed by atoms with Gasteiger partial charge in [0.05, 0.1) is 6.04 Å². The number of hydrogen-bond donors (Lipinski definition) is 1. The van der Waals surface area contributed by atoms with Crippen LogP contribution in [-0.2, 0) is 10.9 Å². The molecule has 1 aromatic rings. The van der Waals surface area contributed by atoms with Gasteiger partial charge in [0.2, 0.25) is 0 Å². The number of hydrogen-bond acceptors (Lipinski definition) is 3. The summed E-state index contributed by atoms with van der Waals surface area (Å²) in [5, 5.41) is 6.21. The molecule has 1 aliphatic carbocycles. The number of nitrogens with zero attached hydrogens (tertiary/aromatic N) is 2. The molecule has 21 heavy (non-hydrogen) atoms. The van der Waals surface area contributed by atoms with Crippen LogP contribution >= 0.6 is 0 Å². The first-order valence-electron chi connectivity index (χ1n) is 6.66. The van der Waals surface area contributed by atoms with E-state index in [4.69, 9.17) is 4.74 Å². The van der Waals surface area contributed by atoms with Gasteiger partial charge in [0, 0.05) is 12.2 Å². The van der Waals surface area contributed by atoms with Crippen molar-refractivity contribution < 1.29 is 22.7 Å². The molecule has 0 aromatic carbocycles. The Kier molecular flexibility index (Phi) is 3.90. The molecule has 0 radical (unpaired) electrons. The quantitative estimate of drug-likeness (QED) is 0.913. The van der Waals surface area contributed by atoms with Crippen molar-refractivity contribution in [3.8, 4) is 0 Å². The molecule has 1 amide bonds. The predicted molar refractivity (Wildman–Crippen MR) is 68.7 cm³/mol. The lowest BCUT2D eigenvalue weighted by Crippen LogP contribution is -2.46. The number of carbonyl (C=O) groups is 1. The van der Waals surface area contributed by atoms with E-state index in [0.29, 0.717) is 12.8 Å². The van der Waals surface area contributed by atoms with Crippen LogP contribution < -0.4 is 5.32 Å². The highest BCUT2D eigenvalue weighted by atomic mass is 19.4. The minimum atomic E-state index is -4.43. The fourth-order valence-corrected chi connectivity index (χ4v) is 2.09. The van der Waals surface area contributed by atoms with Gasteiger partial charge in [-0.15, -0.1) is 0 Å². The van der Waals surface area contributed by atoms with E-state index in [0.717, 1.165) is 6.07 Å². The Labute approximate surface area is 120 Å². The van der Waals surface area contributed by atoms with Gasteiger partial charge in [0.25, 0.3) is 0 Å². The van der Waals surface area contributed by atoms with E-state index in [2.05, 4.69) is 10.4 Å². The summed E-state index contributed by atoms with van der Waals surface area (Å²) in [6, 6.07) is 0.735. The maximum Gasteiger partial charge on any atom is 0.435 e. The largest absolute Gasteiger partial charge is 0.444 e. The molecule has 1 saturated carbocycles. The average molecular weight is 305 g/mol. The van der Waals surface area contributed by atoms with Crippen molar-refractivity contribution >= 4 is 6.09 Å². The van der Waals surface area contributed by atoms with Crippen molar-refractivity contribution in [3.63, 3.8) is 0 Å². The van der Waals surface area contributed by atoms with Crippen LogP contribution in [0.25, 0.3) is 0 Å². The third-order valence-electron chi connectivity index (χ3n) is 3.11. The summed E-state index contributed by atoms with van der Waals surface area (Å²) < 4.78 is 43.7. The highest BCUT2D eigenvalue weighted by Gasteiger charge is 2.37. The molecule has 1 heterocycles. The van der Waals surface area contributed by atoms with E-state index in [1.807, 2.05) is 0 Å². The minimum absolute atomic E-state index is 0.0941. The molecule has 0 atom stereocenters. The number of amides is 1. The van der Waals surface area contributed by atoms with Gasteiger partial charge in [-0.05, 0) is 39.7 Å². The summed E-state index contributed by atoms with van der Waals surface area (Å²) in [5.74, 6) is 0. The van der Waals surface area contributed by atoms with E-state index < -0.39 is 23.6 Å². The Morgan fingerprint density at radius 3 is 2.48 bits per heavy atom. The smallest absolute Gasteiger partial charge is 0.435 e. The molecule has 0 bridgehead atoms. The molecular formula is C13H18F3N3O2. The van der Waals surface area contributed by atoms with Crippen molar-refractivity contribution in [1.82, 2.24) is 15.1 Å². The lowest BCUT2D eigenvalue weighted by atomic mass is 9.87. The summed E-state index contributed by atoms with van der Waals surface area (Å²) >= 11 is 0. The number of carbonyl (C=O) groups excluding carboxylic acids is 1. The summed E-state index contributed by atoms with van der Waals surface area (Å²) in [6.45, 7) is 5.29. The number of halogens is 3. The van der Waals surface area contributed by atoms with Crippen LogP contribution in [-0.4, -0.2) is 27.5 Å². The molecular weight excluding hydrogens is 287 g/mol. The number of nitrogens with one attached hydrogen (secondary N) is 1. The SMILES string of the molecule is CC(C)(C)OC(=O)NC1CC(n2ccc(C(F)(F)F)n2)C1. The zero-order valence-corrected chi connectivity index (χ0v) is 12.1. The van der Waals surface area contributed by atoms with Crippen molar-refractivity contribution in [2.24, 2.45) is 0 Å². The van der Waals surface area contributed by atoms with E-state index in [-0.39, 0.29) is 12.1 Å². The van der Waals surface area contributed by atoms with Crippen molar-refractivity contribution in [1.29, 1.82) is 0 Å². The van der Waals surface area contributed by atoms with Gasteiger partial charge in [-0.2, -0.15) is 18.3 Å². The molecule has 1 aliphatic rings. The number of ether oxygens (including phenoxy) is 1. The number of rotatable bonds is 2. The molecule has 1 fully saturated rings. The second-order valence-electron chi connectivity index (χ2n) is 6.15. The first-order chi connectivity index (χ1) is 9.54. The Hall–Kier alpha value is -1.73. The summed E-state index contributed by atoms with van der Waals surface area (Å²) in [4.78, 5) is 11.5. The van der Waals surface area contributed by atoms with Gasteiger partial charge < -0.3 is 10.1 Å². The van der Waals surface area contributed by atoms with Gasteiger partial charge in [0.15, 0.2) is 5.69 Å². The standard InChI is InChI=1S/C13H18F3N3O2/c1-12(2,3)21-11(20)17-8-6-9(7-8)19-5-4-10(18-19)13(14,15)16/h4-5,8-9H,6-7H2,1-3H3,(H,17,20). The third-order valence-corrected chi connectivity index (χ3v) is 3.11. The normalized spacial score (nSPS) is 22.6. The molecule has 2 rings (SSSR count). The first-order valence-corrected chi connectivity index (χ1v) is 6.66. The molecule has 0 spiro atoms. The zero-order valence-electron chi connectivity index (χ0n) is 12.1. The second kappa shape index (κ2) is 5.23. The van der Waals surface area contributed by atoms with E-state index >= 15 is 0 Å². The fraction of sp³-hybridized carbons (Fsp3) is 0.692. The highest BCUT2D eigenvalue weighted by Crippen LogP contribution is 2.34. The molecule has 1 aromatic heterocycles. The van der Waals surface area contributed by atoms with Crippen LogP contribution in [0.3, 0.4) is 0 Å². The van der Waals surface area contributed by atoms with Gasteiger partial charge >= 0.3 is 12.3 Å². The molecule has 0 saturated heterocycles. The molecule has 5 nitrogen and oxygen atoms in total. The predicted octanol–water partition coefficient (Wildman–Crippen LogP) is 3.13. The molecule has 118 valence electrons. The van der Waals surface area contributed by atoms with Gasteiger partial charge in [0.1, 0.15) is 5.60 Å². The Morgan fingerprint density at radius 1 is 1.38 bits per heavy atom. The fourth-order valence-electron chi connectivity index (χ4n) is 2.09. The summed E-state index contributed by atoms with van der Waals surface area (Å²) in [5.41, 5.74) is -1.47. The van der Waals surface area contributed by atoms with Gasteiger partial charge in [-0.25, -0.2) is 4.79 Å². The van der Waals surface area contributed by atoms with Crippen molar-refractivity contribution in [3.05, 3.63) is 18.0 Å². The number of aromatic nitrogens is 2. The van der Waals surface area contributed by atoms with E-state index in [1.165, 1.54) is 10.9 Å². The van der Waals surface area contributed by atoms with Crippen LogP contribution in [0.2, 0.25) is 0 Å². The Balaban J connectivity index is 1.82. The lowest BCUT2D eigenvalue weighted by molar-refractivity contribution is -0.141. The monoisotopic (exact) mass is 305 g/mol. The van der Waals surface area contributed by atoms with Crippen LogP contribution in [0.5, 0.6) is 0 Å². The number of alkyl carbamates (subject to hydrolysis) is 1. The zero-order chi connectivity index (χ0) is 15.8. The molecule has 0 aliphatic heterocycles. The first kappa shape index (κ1) is 15.7. The number of alkyl halides is 3. The summed E-state index contributed by atoms with van der Waals surface area (Å²) in [6.07, 6.45) is -2.54. The van der Waals surface area contributed by atoms with Crippen LogP contribution in [0.4, 0.5) is 18.0 Å². The molecule has 8 heteroatoms. The third kappa shape index (κ3) is 4.12. The van der Waals surface area contributed by atoms with Crippen molar-refractivity contribution in [2.75, 3.05) is 0 Å². The van der Waals surface area contributed by atoms with Crippen LogP contribution in [0.15, 0.2) is 12.3 Å². The van der Waals surface area contributed by atoms with Crippen LogP contribution in [0, 0.1) is 0 Å². The van der Waals surface area contributed by atoms with Gasteiger partial charge in [-0.1, -0.05) is 0 Å². The van der Waals surface area contributed by atoms with E-state index in [9.17, 15) is 18.0 Å². The summed E-state index contributed by atoms with van der Waals surface area (Å²) in [7, 11) is 0. The Bertz CT molecular complexity index is 513. The highest BCUT2D eigenvalue weighted by molar-refractivity contribution is 5.68. The molecule has 1 N–H and O–H groups in total. The maximum atomic E-state index is 12.4. The minimum Gasteiger partial charge on any atom is -0.444 e. The van der Waals surface area contributed by atoms with Crippen molar-refractivity contribution in [2.45, 2.75) is 57.5 Å². The van der Waals surface area contributed by atoms with Gasteiger partial charge in [-0.3, -0.25) is 4.68 Å². The maximum absolute atomic E-state index is 12.4. The lowest BCUT2D eigenvalue weighted by Gasteiger charge is -2.36. The van der Waals surface area contributed by atoms with Crippen LogP contribution in [0.1, 0.15) is 45.3 Å². The van der Waals surface area contributed by atoms with E-state index in [1.54, 1.807) is 20.8 Å². The molecule has 0 unspecified atom stereocenters. The Morgan fingerprint density at radius 2 is 2.00 bits per heavy atom. The second-order valence-corrected chi connectivity index (χ2v) is 6.15.